The van der Waals surface area contributed by atoms with E-state index in [0.29, 0.717) is 37.8 Å². The van der Waals surface area contributed by atoms with Crippen molar-refractivity contribution in [2.45, 2.75) is 24.7 Å². The van der Waals surface area contributed by atoms with Crippen LogP contribution in [0.3, 0.4) is 0 Å². The number of sulfonamides is 1. The first kappa shape index (κ1) is 28.1. The fourth-order valence-electron chi connectivity index (χ4n) is 4.57. The molecule has 2 aromatic carbocycles. The molecule has 2 fully saturated rings. The Kier molecular flexibility index (Phi) is 9.08. The summed E-state index contributed by atoms with van der Waals surface area (Å²) in [5, 5.41) is 14.0. The van der Waals surface area contributed by atoms with Gasteiger partial charge in [-0.3, -0.25) is 24.5 Å². The second-order valence-corrected chi connectivity index (χ2v) is 11.7. The molecule has 38 heavy (non-hydrogen) atoms. The molecule has 2 aliphatic heterocycles. The number of carbonyl (C=O) groups is 1. The van der Waals surface area contributed by atoms with E-state index >= 15 is 0 Å². The summed E-state index contributed by atoms with van der Waals surface area (Å²) in [5.41, 5.74) is 0.772. The molecule has 2 N–H and O–H groups in total. The van der Waals surface area contributed by atoms with E-state index in [1.54, 1.807) is 12.1 Å². The van der Waals surface area contributed by atoms with Gasteiger partial charge in [-0.25, -0.2) is 8.42 Å². The summed E-state index contributed by atoms with van der Waals surface area (Å²) in [5.74, 6) is 0.307. The Labute approximate surface area is 227 Å². The molecule has 0 atom stereocenters. The van der Waals surface area contributed by atoms with Gasteiger partial charge in [-0.1, -0.05) is 18.5 Å². The van der Waals surface area contributed by atoms with Gasteiger partial charge >= 0.3 is 0 Å². The second-order valence-electron chi connectivity index (χ2n) is 9.59. The number of amides is 1. The molecule has 2 aromatic rings. The molecule has 0 bridgehead atoms. The number of piperidine rings is 1. The number of nitro groups is 1. The van der Waals surface area contributed by atoms with Gasteiger partial charge in [0.25, 0.3) is 21.6 Å². The SMILES string of the molecule is CC1CCN(c2ccc(NS(=O)(=O)c3ccc(Cl)c([N+](=O)[O-])c3)cc2C(=O)NCCN2CCOCC2)CC1. The molecule has 1 amide bonds. The number of morpholine rings is 1. The molecule has 4 rings (SSSR count). The van der Waals surface area contributed by atoms with Gasteiger partial charge in [0.15, 0.2) is 0 Å². The standard InChI is InChI=1S/C25H32ClN5O6S/c1-18-6-9-30(10-7-18)23-5-2-19(16-21(23)25(32)27-8-11-29-12-14-37-15-13-29)28-38(35,36)20-3-4-22(26)24(17-20)31(33)34/h2-5,16-18,28H,6-15H2,1H3,(H,27,32). The molecular formula is C25H32ClN5O6S. The Morgan fingerprint density at radius 3 is 2.53 bits per heavy atom. The van der Waals surface area contributed by atoms with E-state index in [-0.39, 0.29) is 21.5 Å². The highest BCUT2D eigenvalue weighted by Crippen LogP contribution is 2.31. The van der Waals surface area contributed by atoms with Gasteiger partial charge in [-0.2, -0.15) is 0 Å². The minimum absolute atomic E-state index is 0.162. The Bertz CT molecular complexity index is 1280. The smallest absolute Gasteiger partial charge is 0.289 e. The Morgan fingerprint density at radius 2 is 1.84 bits per heavy atom. The van der Waals surface area contributed by atoms with Crippen LogP contribution in [0.2, 0.25) is 5.02 Å². The lowest BCUT2D eigenvalue weighted by molar-refractivity contribution is -0.384. The minimum atomic E-state index is -4.18. The predicted molar refractivity (Wildman–Crippen MR) is 146 cm³/mol. The molecule has 11 nitrogen and oxygen atoms in total. The van der Waals surface area contributed by atoms with Gasteiger partial charge < -0.3 is 15.0 Å². The van der Waals surface area contributed by atoms with Crippen molar-refractivity contribution in [3.63, 3.8) is 0 Å². The zero-order valence-corrected chi connectivity index (χ0v) is 22.8. The zero-order chi connectivity index (χ0) is 27.3. The van der Waals surface area contributed by atoms with Gasteiger partial charge in [0.2, 0.25) is 0 Å². The highest BCUT2D eigenvalue weighted by atomic mass is 35.5. The summed E-state index contributed by atoms with van der Waals surface area (Å²) in [6.07, 6.45) is 2.00. The summed E-state index contributed by atoms with van der Waals surface area (Å²) in [7, 11) is -4.18. The Morgan fingerprint density at radius 1 is 1.13 bits per heavy atom. The van der Waals surface area contributed by atoms with Crippen molar-refractivity contribution in [1.82, 2.24) is 10.2 Å². The monoisotopic (exact) mass is 565 g/mol. The van der Waals surface area contributed by atoms with Crippen LogP contribution in [0.4, 0.5) is 17.1 Å². The summed E-state index contributed by atoms with van der Waals surface area (Å²) in [6, 6.07) is 8.13. The number of hydrogen-bond donors (Lipinski definition) is 2. The topological polar surface area (TPSA) is 134 Å². The van der Waals surface area contributed by atoms with E-state index in [2.05, 4.69) is 26.8 Å². The Hall–Kier alpha value is -2.93. The van der Waals surface area contributed by atoms with Crippen LogP contribution in [0.1, 0.15) is 30.1 Å². The van der Waals surface area contributed by atoms with Crippen molar-refractivity contribution >= 4 is 44.6 Å². The molecule has 13 heteroatoms. The zero-order valence-electron chi connectivity index (χ0n) is 21.2. The number of nitro benzene ring substituents is 1. The van der Waals surface area contributed by atoms with E-state index in [4.69, 9.17) is 16.3 Å². The number of hydrogen-bond acceptors (Lipinski definition) is 8. The van der Waals surface area contributed by atoms with E-state index in [1.807, 2.05) is 0 Å². The molecule has 0 radical (unpaired) electrons. The number of halogens is 1. The number of benzene rings is 2. The third-order valence-electron chi connectivity index (χ3n) is 6.86. The molecular weight excluding hydrogens is 534 g/mol. The lowest BCUT2D eigenvalue weighted by atomic mass is 9.98. The lowest BCUT2D eigenvalue weighted by Crippen LogP contribution is -2.41. The molecule has 2 saturated heterocycles. The molecule has 0 saturated carbocycles. The number of nitrogens with one attached hydrogen (secondary N) is 2. The molecule has 206 valence electrons. The fraction of sp³-hybridized carbons (Fsp3) is 0.480. The van der Waals surface area contributed by atoms with Crippen LogP contribution in [0, 0.1) is 16.0 Å². The molecule has 2 aliphatic rings. The van der Waals surface area contributed by atoms with Gasteiger partial charge in [-0.15, -0.1) is 0 Å². The summed E-state index contributed by atoms with van der Waals surface area (Å²) < 4.78 is 33.9. The molecule has 0 unspecified atom stereocenters. The van der Waals surface area contributed by atoms with E-state index < -0.39 is 20.6 Å². The van der Waals surface area contributed by atoms with Crippen molar-refractivity contribution in [3.8, 4) is 0 Å². The highest BCUT2D eigenvalue weighted by molar-refractivity contribution is 7.92. The summed E-state index contributed by atoms with van der Waals surface area (Å²) >= 11 is 5.83. The van der Waals surface area contributed by atoms with Crippen molar-refractivity contribution in [1.29, 1.82) is 0 Å². The highest BCUT2D eigenvalue weighted by Gasteiger charge is 2.24. The first-order valence-electron chi connectivity index (χ1n) is 12.6. The van der Waals surface area contributed by atoms with Gasteiger partial charge in [0.1, 0.15) is 5.02 Å². The van der Waals surface area contributed by atoms with Gasteiger partial charge in [0, 0.05) is 56.7 Å². The second kappa shape index (κ2) is 12.3. The third kappa shape index (κ3) is 6.93. The van der Waals surface area contributed by atoms with Crippen LogP contribution in [-0.4, -0.2) is 76.6 Å². The fourth-order valence-corrected chi connectivity index (χ4v) is 5.82. The number of nitrogens with zero attached hydrogens (tertiary/aromatic N) is 3. The minimum Gasteiger partial charge on any atom is -0.379 e. The van der Waals surface area contributed by atoms with Crippen LogP contribution in [-0.2, 0) is 14.8 Å². The largest absolute Gasteiger partial charge is 0.379 e. The van der Waals surface area contributed by atoms with Crippen LogP contribution >= 0.6 is 11.6 Å². The number of rotatable bonds is 9. The lowest BCUT2D eigenvalue weighted by Gasteiger charge is -2.33. The maximum absolute atomic E-state index is 13.3. The van der Waals surface area contributed by atoms with Crippen molar-refractivity contribution < 1.29 is 22.9 Å². The first-order valence-corrected chi connectivity index (χ1v) is 14.4. The van der Waals surface area contributed by atoms with Gasteiger partial charge in [-0.05, 0) is 49.1 Å². The number of anilines is 2. The normalized spacial score (nSPS) is 17.3. The van der Waals surface area contributed by atoms with Gasteiger partial charge in [0.05, 0.1) is 28.6 Å². The number of ether oxygens (including phenoxy) is 1. The molecule has 2 heterocycles. The van der Waals surface area contributed by atoms with Crippen molar-refractivity contribution in [3.05, 3.63) is 57.1 Å². The number of carbonyl (C=O) groups excluding carboxylic acids is 1. The van der Waals surface area contributed by atoms with E-state index in [0.717, 1.165) is 50.8 Å². The molecule has 0 aromatic heterocycles. The average molecular weight is 566 g/mol. The Balaban J connectivity index is 1.56. The molecule has 0 aliphatic carbocycles. The predicted octanol–water partition coefficient (Wildman–Crippen LogP) is 3.35. The van der Waals surface area contributed by atoms with Crippen molar-refractivity contribution in [2.24, 2.45) is 5.92 Å². The van der Waals surface area contributed by atoms with Crippen LogP contribution in [0.5, 0.6) is 0 Å². The summed E-state index contributed by atoms with van der Waals surface area (Å²) in [6.45, 7) is 7.90. The maximum Gasteiger partial charge on any atom is 0.289 e. The van der Waals surface area contributed by atoms with E-state index in [1.165, 1.54) is 18.2 Å². The van der Waals surface area contributed by atoms with Crippen LogP contribution in [0.25, 0.3) is 0 Å². The van der Waals surface area contributed by atoms with Crippen LogP contribution < -0.4 is 14.9 Å². The van der Waals surface area contributed by atoms with Crippen molar-refractivity contribution in [2.75, 3.05) is 62.1 Å². The maximum atomic E-state index is 13.3. The average Bonchev–Trinajstić information content (AvgIpc) is 2.89. The van der Waals surface area contributed by atoms with E-state index in [9.17, 15) is 23.3 Å². The quantitative estimate of drug-likeness (QED) is 0.349. The van der Waals surface area contributed by atoms with Crippen LogP contribution in [0.15, 0.2) is 41.3 Å². The molecule has 0 spiro atoms. The summed E-state index contributed by atoms with van der Waals surface area (Å²) in [4.78, 5) is 27.9. The third-order valence-corrected chi connectivity index (χ3v) is 8.56. The first-order chi connectivity index (χ1) is 18.1.